The Morgan fingerprint density at radius 1 is 0.951 bits per heavy atom. The highest BCUT2D eigenvalue weighted by Gasteiger charge is 2.30. The molecular formula is C27H38N5O8P. The van der Waals surface area contributed by atoms with Crippen LogP contribution in [0.3, 0.4) is 0 Å². The third-order valence-electron chi connectivity index (χ3n) is 5.62. The molecule has 0 unspecified atom stereocenters. The van der Waals surface area contributed by atoms with Gasteiger partial charge in [0.1, 0.15) is 17.6 Å². The molecule has 0 aliphatic heterocycles. The van der Waals surface area contributed by atoms with Crippen molar-refractivity contribution in [3.8, 4) is 5.75 Å². The zero-order valence-corrected chi connectivity index (χ0v) is 25.2. The highest BCUT2D eigenvalue weighted by Crippen LogP contribution is 2.51. The molecule has 0 spiro atoms. The summed E-state index contributed by atoms with van der Waals surface area (Å²) in [7, 11) is -3.91. The lowest BCUT2D eigenvalue weighted by Gasteiger charge is -2.22. The number of benzene rings is 1. The van der Waals surface area contributed by atoms with Crippen LogP contribution in [-0.4, -0.2) is 51.7 Å². The molecule has 2 aromatic heterocycles. The lowest BCUT2D eigenvalue weighted by molar-refractivity contribution is -0.162. The molecule has 0 aliphatic carbocycles. The van der Waals surface area contributed by atoms with Crippen LogP contribution >= 0.6 is 7.60 Å². The number of carbonyl (C=O) groups excluding carboxylic acids is 2. The Hall–Kier alpha value is -3.54. The molecule has 41 heavy (non-hydrogen) atoms. The van der Waals surface area contributed by atoms with Crippen LogP contribution in [0.2, 0.25) is 0 Å². The Balaban J connectivity index is 1.60. The minimum Gasteiger partial charge on any atom is -0.494 e. The number of nitrogen functional groups attached to an aromatic ring is 1. The minimum atomic E-state index is -3.91. The van der Waals surface area contributed by atoms with Crippen molar-refractivity contribution in [1.82, 2.24) is 19.5 Å². The first-order valence-electron chi connectivity index (χ1n) is 13.0. The Bertz CT molecular complexity index is 1360. The molecule has 224 valence electrons. The Kier molecular flexibility index (Phi) is 10.5. The number of hydrogen-bond acceptors (Lipinski definition) is 12. The molecule has 0 bridgehead atoms. The minimum absolute atomic E-state index is 0.174. The second kappa shape index (κ2) is 13.4. The van der Waals surface area contributed by atoms with Crippen LogP contribution in [0.15, 0.2) is 36.9 Å². The monoisotopic (exact) mass is 591 g/mol. The molecule has 0 saturated carbocycles. The summed E-state index contributed by atoms with van der Waals surface area (Å²) in [5.74, 6) is -0.183. The van der Waals surface area contributed by atoms with Crippen molar-refractivity contribution in [2.24, 2.45) is 10.8 Å². The molecule has 0 saturated heterocycles. The van der Waals surface area contributed by atoms with Crippen molar-refractivity contribution in [3.63, 3.8) is 0 Å². The van der Waals surface area contributed by atoms with Crippen LogP contribution in [0.1, 0.15) is 53.5 Å². The van der Waals surface area contributed by atoms with E-state index in [1.165, 1.54) is 6.33 Å². The van der Waals surface area contributed by atoms with Crippen LogP contribution in [-0.2, 0) is 45.4 Å². The Labute approximate surface area is 239 Å². The maximum atomic E-state index is 13.6. The van der Waals surface area contributed by atoms with Crippen LogP contribution < -0.4 is 10.5 Å². The summed E-state index contributed by atoms with van der Waals surface area (Å²) in [4.78, 5) is 36.7. The predicted octanol–water partition coefficient (Wildman–Crippen LogP) is 4.70. The summed E-state index contributed by atoms with van der Waals surface area (Å²) < 4.78 is 42.4. The Morgan fingerprint density at radius 2 is 1.59 bits per heavy atom. The predicted molar refractivity (Wildman–Crippen MR) is 151 cm³/mol. The normalized spacial score (nSPS) is 12.3. The molecule has 14 heteroatoms. The van der Waals surface area contributed by atoms with E-state index in [1.54, 1.807) is 72.1 Å². The summed E-state index contributed by atoms with van der Waals surface area (Å²) >= 11 is 0. The SMILES string of the molecule is CC(C)(C)C(=O)OCOP(=O)(Cc1cccc(OCCCn2cnc3c(N)ncnc32)c1)OCOC(=O)C(C)(C)C. The molecule has 0 fully saturated rings. The largest absolute Gasteiger partial charge is 0.494 e. The van der Waals surface area contributed by atoms with Crippen LogP contribution in [0.5, 0.6) is 5.75 Å². The molecule has 2 N–H and O–H groups in total. The van der Waals surface area contributed by atoms with Gasteiger partial charge in [0.05, 0.1) is 29.9 Å². The molecule has 0 amide bonds. The number of esters is 2. The van der Waals surface area contributed by atoms with Gasteiger partial charge in [-0.05, 0) is 65.7 Å². The third-order valence-corrected chi connectivity index (χ3v) is 7.37. The van der Waals surface area contributed by atoms with E-state index < -0.39 is 44.0 Å². The quantitative estimate of drug-likeness (QED) is 0.126. The number of anilines is 1. The number of aromatic nitrogens is 4. The highest BCUT2D eigenvalue weighted by molar-refractivity contribution is 7.53. The molecule has 0 radical (unpaired) electrons. The van der Waals surface area contributed by atoms with E-state index in [0.717, 1.165) is 0 Å². The first-order chi connectivity index (χ1) is 19.2. The van der Waals surface area contributed by atoms with Crippen molar-refractivity contribution in [1.29, 1.82) is 0 Å². The van der Waals surface area contributed by atoms with Gasteiger partial charge in [0.2, 0.25) is 13.6 Å². The van der Waals surface area contributed by atoms with Crippen molar-refractivity contribution < 1.29 is 37.4 Å². The zero-order chi connectivity index (χ0) is 30.3. The lowest BCUT2D eigenvalue weighted by Crippen LogP contribution is -2.24. The summed E-state index contributed by atoms with van der Waals surface area (Å²) in [6.45, 7) is 9.93. The van der Waals surface area contributed by atoms with Crippen molar-refractivity contribution in [2.45, 2.75) is 60.7 Å². The van der Waals surface area contributed by atoms with Crippen LogP contribution in [0, 0.1) is 10.8 Å². The maximum absolute atomic E-state index is 13.6. The van der Waals surface area contributed by atoms with E-state index in [1.807, 2.05) is 4.57 Å². The average Bonchev–Trinajstić information content (AvgIpc) is 3.30. The number of nitrogens with two attached hydrogens (primary N) is 1. The number of fused-ring (bicyclic) bond motifs is 1. The second-order valence-electron chi connectivity index (χ2n) is 11.3. The zero-order valence-electron chi connectivity index (χ0n) is 24.3. The maximum Gasteiger partial charge on any atom is 0.340 e. The van der Waals surface area contributed by atoms with Gasteiger partial charge in [-0.25, -0.2) is 15.0 Å². The third kappa shape index (κ3) is 9.51. The number of hydrogen-bond donors (Lipinski definition) is 1. The number of aryl methyl sites for hydroxylation is 1. The molecule has 1 aromatic carbocycles. The van der Waals surface area contributed by atoms with Crippen molar-refractivity contribution in [3.05, 3.63) is 42.5 Å². The first-order valence-corrected chi connectivity index (χ1v) is 14.8. The van der Waals surface area contributed by atoms with Crippen LogP contribution in [0.4, 0.5) is 5.82 Å². The topological polar surface area (TPSA) is 167 Å². The van der Waals surface area contributed by atoms with Gasteiger partial charge in [-0.15, -0.1) is 0 Å². The highest BCUT2D eigenvalue weighted by atomic mass is 31.2. The van der Waals surface area contributed by atoms with E-state index in [0.29, 0.717) is 47.9 Å². The second-order valence-corrected chi connectivity index (χ2v) is 13.4. The number of imidazole rings is 1. The van der Waals surface area contributed by atoms with E-state index in [-0.39, 0.29) is 6.16 Å². The average molecular weight is 592 g/mol. The van der Waals surface area contributed by atoms with Gasteiger partial charge in [-0.3, -0.25) is 23.2 Å². The van der Waals surface area contributed by atoms with Crippen molar-refractivity contribution in [2.75, 3.05) is 25.9 Å². The van der Waals surface area contributed by atoms with E-state index >= 15 is 0 Å². The molecular weight excluding hydrogens is 553 g/mol. The van der Waals surface area contributed by atoms with E-state index in [2.05, 4.69) is 15.0 Å². The molecule has 2 heterocycles. The van der Waals surface area contributed by atoms with E-state index in [9.17, 15) is 14.2 Å². The summed E-state index contributed by atoms with van der Waals surface area (Å²) in [6.07, 6.45) is 3.54. The smallest absolute Gasteiger partial charge is 0.340 e. The van der Waals surface area contributed by atoms with Gasteiger partial charge in [0.15, 0.2) is 11.5 Å². The fraction of sp³-hybridized carbons (Fsp3) is 0.519. The summed E-state index contributed by atoms with van der Waals surface area (Å²) in [5, 5.41) is 0. The number of carbonyl (C=O) groups is 2. The van der Waals surface area contributed by atoms with Gasteiger partial charge in [0, 0.05) is 6.54 Å². The lowest BCUT2D eigenvalue weighted by atomic mass is 9.98. The molecule has 13 nitrogen and oxygen atoms in total. The summed E-state index contributed by atoms with van der Waals surface area (Å²) in [6, 6.07) is 6.96. The standard InChI is InChI=1S/C27H38N5O8P/c1-26(2,3)24(33)37-17-39-41(35,40-18-38-25(34)27(4,5)6)14-19-9-7-10-20(13-19)36-12-8-11-32-16-31-21-22(28)29-15-30-23(21)32/h7,9-10,13,15-16H,8,11-12,14,17-18H2,1-6H3,(H2,28,29,30). The van der Waals surface area contributed by atoms with Gasteiger partial charge in [-0.1, -0.05) is 12.1 Å². The van der Waals surface area contributed by atoms with Crippen molar-refractivity contribution >= 4 is 36.5 Å². The van der Waals surface area contributed by atoms with E-state index in [4.69, 9.17) is 29.0 Å². The number of ether oxygens (including phenoxy) is 3. The number of nitrogens with zero attached hydrogens (tertiary/aromatic N) is 4. The van der Waals surface area contributed by atoms with Crippen LogP contribution in [0.25, 0.3) is 11.2 Å². The number of rotatable bonds is 13. The Morgan fingerprint density at radius 3 is 2.20 bits per heavy atom. The molecule has 3 aromatic rings. The van der Waals surface area contributed by atoms with Gasteiger partial charge in [0.25, 0.3) is 0 Å². The van der Waals surface area contributed by atoms with Gasteiger partial charge in [-0.2, -0.15) is 0 Å². The molecule has 3 rings (SSSR count). The first kappa shape index (κ1) is 32.0. The summed E-state index contributed by atoms with van der Waals surface area (Å²) in [5.41, 5.74) is 6.09. The fourth-order valence-corrected chi connectivity index (χ4v) is 4.65. The fourth-order valence-electron chi connectivity index (χ4n) is 3.33. The van der Waals surface area contributed by atoms with Gasteiger partial charge >= 0.3 is 19.5 Å². The molecule has 0 aliphatic rings. The molecule has 0 atom stereocenters. The van der Waals surface area contributed by atoms with Gasteiger partial charge < -0.3 is 24.5 Å².